The summed E-state index contributed by atoms with van der Waals surface area (Å²) in [7, 11) is 2.08. The predicted octanol–water partition coefficient (Wildman–Crippen LogP) is 2.54. The van der Waals surface area contributed by atoms with E-state index < -0.39 is 0 Å². The van der Waals surface area contributed by atoms with Gasteiger partial charge in [-0.3, -0.25) is 4.68 Å². The van der Waals surface area contributed by atoms with E-state index in [0.29, 0.717) is 11.8 Å². The highest BCUT2D eigenvalue weighted by Crippen LogP contribution is 2.37. The first-order valence-electron chi connectivity index (χ1n) is 7.28. The highest BCUT2D eigenvalue weighted by atomic mass is 79.9. The minimum absolute atomic E-state index is 0.555. The molecule has 4 nitrogen and oxygen atoms in total. The van der Waals surface area contributed by atoms with Crippen LogP contribution >= 0.6 is 15.9 Å². The van der Waals surface area contributed by atoms with E-state index in [1.165, 1.54) is 28.7 Å². The highest BCUT2D eigenvalue weighted by molar-refractivity contribution is 9.10. The monoisotopic (exact) mass is 327 g/mol. The van der Waals surface area contributed by atoms with Gasteiger partial charge in [0, 0.05) is 38.6 Å². The summed E-state index contributed by atoms with van der Waals surface area (Å²) in [6.45, 7) is 3.96. The van der Waals surface area contributed by atoms with Crippen LogP contribution in [0.25, 0.3) is 0 Å². The Morgan fingerprint density at radius 2 is 2.05 bits per heavy atom. The summed E-state index contributed by atoms with van der Waals surface area (Å²) in [5.41, 5.74) is 2.61. The van der Waals surface area contributed by atoms with Crippen LogP contribution in [-0.4, -0.2) is 36.1 Å². The number of piperidine rings is 1. The van der Waals surface area contributed by atoms with Crippen molar-refractivity contribution in [1.29, 1.82) is 0 Å². The smallest absolute Gasteiger partial charge is 0.0802 e. The topological polar surface area (TPSA) is 39.1 Å². The van der Waals surface area contributed by atoms with Gasteiger partial charge in [-0.1, -0.05) is 0 Å². The molecule has 2 aliphatic heterocycles. The van der Waals surface area contributed by atoms with E-state index in [9.17, 15) is 0 Å². The van der Waals surface area contributed by atoms with Crippen LogP contribution < -0.4 is 5.32 Å². The average Bonchev–Trinajstić information content (AvgIpc) is 2.76. The van der Waals surface area contributed by atoms with Gasteiger partial charge < -0.3 is 10.1 Å². The molecule has 0 radical (unpaired) electrons. The summed E-state index contributed by atoms with van der Waals surface area (Å²) in [5.74, 6) is 1.15. The van der Waals surface area contributed by atoms with Crippen LogP contribution in [0.5, 0.6) is 0 Å². The zero-order chi connectivity index (χ0) is 13.2. The molecule has 0 aromatic carbocycles. The van der Waals surface area contributed by atoms with Crippen LogP contribution in [0.15, 0.2) is 4.47 Å². The van der Waals surface area contributed by atoms with E-state index in [1.54, 1.807) is 0 Å². The van der Waals surface area contributed by atoms with Gasteiger partial charge in [-0.2, -0.15) is 5.10 Å². The Morgan fingerprint density at radius 3 is 2.74 bits per heavy atom. The van der Waals surface area contributed by atoms with Crippen molar-refractivity contribution < 1.29 is 4.74 Å². The Bertz CT molecular complexity index is 434. The first-order chi connectivity index (χ1) is 9.27. The molecule has 1 atom stereocenters. The van der Waals surface area contributed by atoms with Gasteiger partial charge >= 0.3 is 0 Å². The summed E-state index contributed by atoms with van der Waals surface area (Å²) in [5, 5.41) is 8.29. The number of halogens is 1. The molecule has 5 heteroatoms. The van der Waals surface area contributed by atoms with E-state index >= 15 is 0 Å². The highest BCUT2D eigenvalue weighted by Gasteiger charge is 2.28. The van der Waals surface area contributed by atoms with E-state index in [-0.39, 0.29) is 0 Å². The quantitative estimate of drug-likeness (QED) is 0.907. The van der Waals surface area contributed by atoms with Gasteiger partial charge in [0.05, 0.1) is 15.9 Å². The second kappa shape index (κ2) is 5.94. The first-order valence-corrected chi connectivity index (χ1v) is 8.07. The zero-order valence-electron chi connectivity index (χ0n) is 11.5. The summed E-state index contributed by atoms with van der Waals surface area (Å²) < 4.78 is 8.79. The van der Waals surface area contributed by atoms with Crippen LogP contribution in [0.2, 0.25) is 0 Å². The van der Waals surface area contributed by atoms with Gasteiger partial charge in [0.2, 0.25) is 0 Å². The zero-order valence-corrected chi connectivity index (χ0v) is 13.1. The number of hydrogen-bond donors (Lipinski definition) is 1. The van der Waals surface area contributed by atoms with E-state index in [1.807, 2.05) is 0 Å². The largest absolute Gasteiger partial charge is 0.381 e. The Hall–Kier alpha value is -0.390. The van der Waals surface area contributed by atoms with Crippen LogP contribution in [-0.2, 0) is 11.8 Å². The Morgan fingerprint density at radius 1 is 1.26 bits per heavy atom. The van der Waals surface area contributed by atoms with Crippen LogP contribution in [0.4, 0.5) is 0 Å². The van der Waals surface area contributed by atoms with Crippen LogP contribution in [0, 0.1) is 0 Å². The third-order valence-corrected chi connectivity index (χ3v) is 5.16. The number of aryl methyl sites for hydroxylation is 1. The van der Waals surface area contributed by atoms with Crippen molar-refractivity contribution in [3.05, 3.63) is 15.9 Å². The lowest BCUT2D eigenvalue weighted by Gasteiger charge is -2.23. The Kier molecular flexibility index (Phi) is 4.24. The number of nitrogens with zero attached hydrogens (tertiary/aromatic N) is 2. The Balaban J connectivity index is 1.86. The fraction of sp³-hybridized carbons (Fsp3) is 0.786. The number of nitrogens with one attached hydrogen (secondary N) is 1. The fourth-order valence-electron chi connectivity index (χ4n) is 3.29. The van der Waals surface area contributed by atoms with Gasteiger partial charge in [-0.05, 0) is 48.2 Å². The number of aromatic nitrogens is 2. The molecular formula is C14H22BrN3O. The minimum atomic E-state index is 0.555. The SMILES string of the molecule is Cn1nc(C2CCOCC2)c(Br)c1C1CCCNC1. The summed E-state index contributed by atoms with van der Waals surface area (Å²) in [4.78, 5) is 0. The molecule has 1 aromatic rings. The molecule has 1 unspecified atom stereocenters. The number of rotatable bonds is 2. The first kappa shape index (κ1) is 13.6. The van der Waals surface area contributed by atoms with Crippen LogP contribution in [0.3, 0.4) is 0 Å². The average molecular weight is 328 g/mol. The molecule has 0 saturated carbocycles. The summed E-state index contributed by atoms with van der Waals surface area (Å²) >= 11 is 3.82. The molecule has 106 valence electrons. The molecule has 1 N–H and O–H groups in total. The lowest BCUT2D eigenvalue weighted by Crippen LogP contribution is -2.29. The second-order valence-electron chi connectivity index (χ2n) is 5.64. The van der Waals surface area contributed by atoms with Gasteiger partial charge in [-0.15, -0.1) is 0 Å². The molecule has 3 heterocycles. The van der Waals surface area contributed by atoms with Crippen molar-refractivity contribution in [3.63, 3.8) is 0 Å². The van der Waals surface area contributed by atoms with Crippen molar-refractivity contribution in [2.24, 2.45) is 7.05 Å². The molecule has 2 aliphatic rings. The fourth-order valence-corrected chi connectivity index (χ4v) is 4.28. The Labute approximate surface area is 123 Å². The van der Waals surface area contributed by atoms with Crippen LogP contribution in [0.1, 0.15) is 48.9 Å². The standard InChI is InChI=1S/C14H22BrN3O/c1-18-14(11-3-2-6-16-9-11)12(15)13(17-18)10-4-7-19-8-5-10/h10-11,16H,2-9H2,1H3. The lowest BCUT2D eigenvalue weighted by molar-refractivity contribution is 0.0842. The number of ether oxygens (including phenoxy) is 1. The molecule has 2 saturated heterocycles. The molecule has 2 fully saturated rings. The summed E-state index contributed by atoms with van der Waals surface area (Å²) in [6, 6.07) is 0. The normalized spacial score (nSPS) is 25.7. The van der Waals surface area contributed by atoms with Crippen molar-refractivity contribution in [1.82, 2.24) is 15.1 Å². The van der Waals surface area contributed by atoms with Crippen molar-refractivity contribution in [2.75, 3.05) is 26.3 Å². The number of hydrogen-bond acceptors (Lipinski definition) is 3. The molecule has 0 bridgehead atoms. The second-order valence-corrected chi connectivity index (χ2v) is 6.43. The molecule has 3 rings (SSSR count). The molecule has 0 amide bonds. The molecule has 0 aliphatic carbocycles. The molecule has 1 aromatic heterocycles. The lowest BCUT2D eigenvalue weighted by atomic mass is 9.92. The van der Waals surface area contributed by atoms with Crippen molar-refractivity contribution in [2.45, 2.75) is 37.5 Å². The predicted molar refractivity (Wildman–Crippen MR) is 78.5 cm³/mol. The van der Waals surface area contributed by atoms with E-state index in [4.69, 9.17) is 9.84 Å². The molecule has 0 spiro atoms. The van der Waals surface area contributed by atoms with Crippen molar-refractivity contribution in [3.8, 4) is 0 Å². The summed E-state index contributed by atoms with van der Waals surface area (Å²) in [6.07, 6.45) is 4.71. The van der Waals surface area contributed by atoms with Gasteiger partial charge in [-0.25, -0.2) is 0 Å². The molecule has 19 heavy (non-hydrogen) atoms. The third kappa shape index (κ3) is 2.73. The maximum Gasteiger partial charge on any atom is 0.0802 e. The van der Waals surface area contributed by atoms with E-state index in [0.717, 1.165) is 39.1 Å². The maximum absolute atomic E-state index is 5.45. The van der Waals surface area contributed by atoms with Gasteiger partial charge in [0.25, 0.3) is 0 Å². The third-order valence-electron chi connectivity index (χ3n) is 4.35. The van der Waals surface area contributed by atoms with Gasteiger partial charge in [0.1, 0.15) is 0 Å². The van der Waals surface area contributed by atoms with E-state index in [2.05, 4.69) is 33.0 Å². The van der Waals surface area contributed by atoms with Crippen molar-refractivity contribution >= 4 is 15.9 Å². The van der Waals surface area contributed by atoms with Gasteiger partial charge in [0.15, 0.2) is 0 Å². The molecular weight excluding hydrogens is 306 g/mol. The minimum Gasteiger partial charge on any atom is -0.381 e. The maximum atomic E-state index is 5.45.